The van der Waals surface area contributed by atoms with Crippen molar-refractivity contribution in [3.63, 3.8) is 0 Å². The lowest BCUT2D eigenvalue weighted by Gasteiger charge is -2.40. The maximum absolute atomic E-state index is 12.9. The monoisotopic (exact) mass is 862 g/mol. The number of hydrogen-bond donors (Lipinski definition) is 6. The first-order valence-electron chi connectivity index (χ1n) is 25.4. The standard InChI is InChI=1S/C52H95NO8/c1-3-5-7-9-11-13-15-17-18-19-20-21-22-23-24-25-26-27-28-30-31-33-35-37-39-41-46(55)45(44-60-52-51(59)50(58)49(57)47(43-54)61-52)53-48(56)42-40-38-36-34-32-29-16-14-12-10-8-6-4-2/h14,16,26-27,31,33,39,41,45-47,49-52,54-55,57-59H,3-13,15,17-25,28-30,32,34-38,40,42-44H2,1-2H3,(H,53,56)/b16-14-,27-26+,33-31+,41-39+. The molecule has 0 aromatic carbocycles. The zero-order valence-electron chi connectivity index (χ0n) is 39.2. The van der Waals surface area contributed by atoms with Gasteiger partial charge in [0.25, 0.3) is 0 Å². The van der Waals surface area contributed by atoms with Gasteiger partial charge in [0.2, 0.25) is 5.91 Å². The van der Waals surface area contributed by atoms with Crippen LogP contribution < -0.4 is 5.32 Å². The molecule has 0 aromatic heterocycles. The van der Waals surface area contributed by atoms with E-state index in [4.69, 9.17) is 9.47 Å². The number of allylic oxidation sites excluding steroid dienone is 7. The van der Waals surface area contributed by atoms with Gasteiger partial charge in [-0.1, -0.05) is 191 Å². The highest BCUT2D eigenvalue weighted by Gasteiger charge is 2.44. The summed E-state index contributed by atoms with van der Waals surface area (Å²) in [5, 5.41) is 54.2. The number of carbonyl (C=O) groups excluding carboxylic acids is 1. The van der Waals surface area contributed by atoms with Crippen molar-refractivity contribution in [2.75, 3.05) is 13.2 Å². The van der Waals surface area contributed by atoms with E-state index in [9.17, 15) is 30.3 Å². The third-order valence-electron chi connectivity index (χ3n) is 11.9. The van der Waals surface area contributed by atoms with Gasteiger partial charge in [0, 0.05) is 6.42 Å². The Morgan fingerprint density at radius 2 is 0.934 bits per heavy atom. The Hall–Kier alpha value is -1.85. The minimum atomic E-state index is -1.58. The van der Waals surface area contributed by atoms with Crippen LogP contribution >= 0.6 is 0 Å². The van der Waals surface area contributed by atoms with Crippen LogP contribution in [-0.4, -0.2) is 87.5 Å². The number of nitrogens with one attached hydrogen (secondary N) is 1. The molecule has 0 radical (unpaired) electrons. The average Bonchev–Trinajstić information content (AvgIpc) is 3.26. The molecule has 7 unspecified atom stereocenters. The summed E-state index contributed by atoms with van der Waals surface area (Å²) in [6.45, 7) is 3.73. The molecule has 1 amide bonds. The predicted molar refractivity (Wildman–Crippen MR) is 253 cm³/mol. The number of rotatable bonds is 42. The van der Waals surface area contributed by atoms with E-state index in [1.807, 2.05) is 6.08 Å². The fourth-order valence-corrected chi connectivity index (χ4v) is 7.77. The highest BCUT2D eigenvalue weighted by atomic mass is 16.7. The van der Waals surface area contributed by atoms with Crippen molar-refractivity contribution in [1.29, 1.82) is 0 Å². The maximum atomic E-state index is 12.9. The van der Waals surface area contributed by atoms with E-state index < -0.39 is 49.5 Å². The number of carbonyl (C=O) groups is 1. The van der Waals surface area contributed by atoms with Gasteiger partial charge in [-0.05, 0) is 70.6 Å². The number of aliphatic hydroxyl groups excluding tert-OH is 5. The molecule has 0 spiro atoms. The second kappa shape index (κ2) is 42.1. The fourth-order valence-electron chi connectivity index (χ4n) is 7.77. The zero-order valence-corrected chi connectivity index (χ0v) is 39.2. The number of amides is 1. The lowest BCUT2D eigenvalue weighted by molar-refractivity contribution is -0.302. The lowest BCUT2D eigenvalue weighted by Crippen LogP contribution is -2.60. The van der Waals surface area contributed by atoms with Crippen LogP contribution in [0.25, 0.3) is 0 Å². The summed E-state index contributed by atoms with van der Waals surface area (Å²) in [5.74, 6) is -0.201. The Morgan fingerprint density at radius 3 is 1.39 bits per heavy atom. The van der Waals surface area contributed by atoms with Crippen LogP contribution in [0.4, 0.5) is 0 Å². The van der Waals surface area contributed by atoms with Crippen LogP contribution in [0.5, 0.6) is 0 Å². The molecule has 1 aliphatic heterocycles. The van der Waals surface area contributed by atoms with E-state index in [-0.39, 0.29) is 12.5 Å². The largest absolute Gasteiger partial charge is 0.394 e. The lowest BCUT2D eigenvalue weighted by atomic mass is 9.99. The van der Waals surface area contributed by atoms with E-state index in [0.717, 1.165) is 64.2 Å². The van der Waals surface area contributed by atoms with Crippen LogP contribution in [0, 0.1) is 0 Å². The third kappa shape index (κ3) is 32.5. The van der Waals surface area contributed by atoms with E-state index in [1.54, 1.807) is 6.08 Å². The molecule has 0 aliphatic carbocycles. The first kappa shape index (κ1) is 57.2. The van der Waals surface area contributed by atoms with Crippen LogP contribution in [-0.2, 0) is 14.3 Å². The first-order valence-corrected chi connectivity index (χ1v) is 25.4. The summed E-state index contributed by atoms with van der Waals surface area (Å²) in [4.78, 5) is 12.9. The van der Waals surface area contributed by atoms with Gasteiger partial charge in [0.1, 0.15) is 24.4 Å². The van der Waals surface area contributed by atoms with E-state index in [1.165, 1.54) is 135 Å². The molecule has 0 saturated carbocycles. The van der Waals surface area contributed by atoms with E-state index >= 15 is 0 Å². The molecule has 1 heterocycles. The summed E-state index contributed by atoms with van der Waals surface area (Å²) >= 11 is 0. The normalized spacial score (nSPS) is 20.8. The number of aliphatic hydroxyl groups is 5. The Labute approximate surface area is 373 Å². The first-order chi connectivity index (χ1) is 29.8. The summed E-state index contributed by atoms with van der Waals surface area (Å²) in [5.41, 5.74) is 0. The number of hydrogen-bond acceptors (Lipinski definition) is 8. The molecule has 61 heavy (non-hydrogen) atoms. The molecular formula is C52H95NO8. The predicted octanol–water partition coefficient (Wildman–Crippen LogP) is 11.4. The number of ether oxygens (including phenoxy) is 2. The molecule has 356 valence electrons. The highest BCUT2D eigenvalue weighted by molar-refractivity contribution is 5.76. The molecule has 1 rings (SSSR count). The number of unbranched alkanes of at least 4 members (excludes halogenated alkanes) is 26. The molecule has 1 aliphatic rings. The molecule has 0 aromatic rings. The average molecular weight is 862 g/mol. The molecular weight excluding hydrogens is 767 g/mol. The Balaban J connectivity index is 2.31. The Morgan fingerprint density at radius 1 is 0.541 bits per heavy atom. The maximum Gasteiger partial charge on any atom is 0.220 e. The van der Waals surface area contributed by atoms with E-state index in [2.05, 4.69) is 55.6 Å². The quantitative estimate of drug-likeness (QED) is 0.0262. The molecule has 9 heteroatoms. The molecule has 0 bridgehead atoms. The Bertz CT molecular complexity index is 1090. The minimum Gasteiger partial charge on any atom is -0.394 e. The van der Waals surface area contributed by atoms with Crippen LogP contribution in [0.3, 0.4) is 0 Å². The van der Waals surface area contributed by atoms with Crippen LogP contribution in [0.2, 0.25) is 0 Å². The van der Waals surface area contributed by atoms with Crippen molar-refractivity contribution < 1.29 is 39.8 Å². The van der Waals surface area contributed by atoms with Crippen LogP contribution in [0.1, 0.15) is 219 Å². The van der Waals surface area contributed by atoms with Crippen molar-refractivity contribution in [2.45, 2.75) is 262 Å². The molecule has 1 saturated heterocycles. The van der Waals surface area contributed by atoms with Gasteiger partial charge in [-0.15, -0.1) is 0 Å². The van der Waals surface area contributed by atoms with Crippen molar-refractivity contribution >= 4 is 5.91 Å². The summed E-state index contributed by atoms with van der Waals surface area (Å²) < 4.78 is 11.2. The molecule has 1 fully saturated rings. The van der Waals surface area contributed by atoms with Gasteiger partial charge < -0.3 is 40.3 Å². The zero-order chi connectivity index (χ0) is 44.4. The molecule has 7 atom stereocenters. The van der Waals surface area contributed by atoms with Gasteiger partial charge in [-0.3, -0.25) is 4.79 Å². The summed E-state index contributed by atoms with van der Waals surface area (Å²) in [6.07, 6.45) is 47.4. The van der Waals surface area contributed by atoms with Gasteiger partial charge in [0.05, 0.1) is 25.4 Å². The van der Waals surface area contributed by atoms with Crippen molar-refractivity contribution in [3.8, 4) is 0 Å². The second-order valence-electron chi connectivity index (χ2n) is 17.6. The van der Waals surface area contributed by atoms with Gasteiger partial charge in [-0.2, -0.15) is 0 Å². The topological polar surface area (TPSA) is 149 Å². The minimum absolute atomic E-state index is 0.201. The van der Waals surface area contributed by atoms with Crippen molar-refractivity contribution in [2.24, 2.45) is 0 Å². The van der Waals surface area contributed by atoms with E-state index in [0.29, 0.717) is 6.42 Å². The second-order valence-corrected chi connectivity index (χ2v) is 17.6. The van der Waals surface area contributed by atoms with Crippen molar-refractivity contribution in [1.82, 2.24) is 5.32 Å². The van der Waals surface area contributed by atoms with Gasteiger partial charge in [-0.25, -0.2) is 0 Å². The Kier molecular flexibility index (Phi) is 39.5. The summed E-state index contributed by atoms with van der Waals surface area (Å²) in [6, 6.07) is -0.832. The highest BCUT2D eigenvalue weighted by Crippen LogP contribution is 2.22. The van der Waals surface area contributed by atoms with Gasteiger partial charge >= 0.3 is 0 Å². The fraction of sp³-hybridized carbons (Fsp3) is 0.827. The third-order valence-corrected chi connectivity index (χ3v) is 11.9. The smallest absolute Gasteiger partial charge is 0.220 e. The van der Waals surface area contributed by atoms with Crippen molar-refractivity contribution in [3.05, 3.63) is 48.6 Å². The SMILES string of the molecule is CCCCCC/C=C\CCCCCCCC(=O)NC(COC1OC(CO)C(O)C(O)C1O)C(O)/C=C/CC/C=C/CC/C=C/CCCCCCCCCCCCCCCCC. The van der Waals surface area contributed by atoms with Crippen LogP contribution in [0.15, 0.2) is 48.6 Å². The van der Waals surface area contributed by atoms with Gasteiger partial charge in [0.15, 0.2) is 6.29 Å². The molecule has 6 N–H and O–H groups in total. The summed E-state index contributed by atoms with van der Waals surface area (Å²) in [7, 11) is 0. The molecule has 9 nitrogen and oxygen atoms in total.